The molecule has 0 fully saturated rings. The Bertz CT molecular complexity index is 677. The number of benzene rings is 2. The third-order valence-corrected chi connectivity index (χ3v) is 3.21. The van der Waals surface area contributed by atoms with E-state index in [-0.39, 0.29) is 36.3 Å². The van der Waals surface area contributed by atoms with Crippen molar-refractivity contribution in [3.05, 3.63) is 54.1 Å². The van der Waals surface area contributed by atoms with Crippen LogP contribution in [0.1, 0.15) is 5.56 Å². The number of alkyl halides is 2. The van der Waals surface area contributed by atoms with Crippen molar-refractivity contribution < 1.29 is 28.2 Å². The van der Waals surface area contributed by atoms with Crippen LogP contribution in [-0.2, 0) is 11.3 Å². The summed E-state index contributed by atoms with van der Waals surface area (Å²) in [5.41, 5.74) is 0.759. The second-order valence-electron chi connectivity index (χ2n) is 5.03. The Labute approximate surface area is 138 Å². The van der Waals surface area contributed by atoms with Gasteiger partial charge in [-0.25, -0.2) is 0 Å². The van der Waals surface area contributed by atoms with E-state index in [0.717, 1.165) is 5.56 Å². The van der Waals surface area contributed by atoms with Gasteiger partial charge < -0.3 is 19.5 Å². The average Bonchev–Trinajstić information content (AvgIpc) is 2.55. The Kier molecular flexibility index (Phi) is 5.95. The lowest BCUT2D eigenvalue weighted by Gasteiger charge is -2.18. The number of ether oxygens (including phenoxy) is 2. The predicted octanol–water partition coefficient (Wildman–Crippen LogP) is 3.03. The summed E-state index contributed by atoms with van der Waals surface area (Å²) < 4.78 is 33.7. The first-order valence-corrected chi connectivity index (χ1v) is 7.14. The van der Waals surface area contributed by atoms with Crippen molar-refractivity contribution >= 4 is 5.91 Å². The van der Waals surface area contributed by atoms with Crippen molar-refractivity contribution in [1.82, 2.24) is 4.90 Å². The molecule has 0 aliphatic heterocycles. The zero-order valence-electron chi connectivity index (χ0n) is 13.0. The molecule has 128 valence electrons. The lowest BCUT2D eigenvalue weighted by Crippen LogP contribution is -2.30. The molecule has 0 atom stereocenters. The number of halogens is 2. The van der Waals surface area contributed by atoms with Crippen LogP contribution in [0, 0.1) is 0 Å². The van der Waals surface area contributed by atoms with E-state index in [4.69, 9.17) is 4.74 Å². The maximum absolute atomic E-state index is 12.1. The summed E-state index contributed by atoms with van der Waals surface area (Å²) in [7, 11) is 1.60. The second-order valence-corrected chi connectivity index (χ2v) is 5.03. The molecule has 0 aromatic heterocycles. The molecule has 2 aromatic carbocycles. The molecular weight excluding hydrogens is 320 g/mol. The maximum Gasteiger partial charge on any atom is 0.387 e. The van der Waals surface area contributed by atoms with E-state index in [1.54, 1.807) is 37.4 Å². The fraction of sp³-hybridized carbons (Fsp3) is 0.235. The third kappa shape index (κ3) is 5.12. The van der Waals surface area contributed by atoms with Gasteiger partial charge in [0.25, 0.3) is 5.91 Å². The molecular formula is C17H17F2NO4. The van der Waals surface area contributed by atoms with Crippen molar-refractivity contribution in [2.75, 3.05) is 13.7 Å². The Balaban J connectivity index is 1.86. The van der Waals surface area contributed by atoms with Crippen LogP contribution in [-0.4, -0.2) is 36.2 Å². The zero-order chi connectivity index (χ0) is 17.5. The summed E-state index contributed by atoms with van der Waals surface area (Å²) in [5.74, 6) is -0.0351. The third-order valence-electron chi connectivity index (χ3n) is 3.21. The zero-order valence-corrected chi connectivity index (χ0v) is 13.0. The van der Waals surface area contributed by atoms with Crippen LogP contribution in [0.3, 0.4) is 0 Å². The minimum absolute atomic E-state index is 0.0393. The van der Waals surface area contributed by atoms with E-state index < -0.39 is 6.61 Å². The number of hydrogen-bond acceptors (Lipinski definition) is 4. The quantitative estimate of drug-likeness (QED) is 0.844. The number of rotatable bonds is 7. The van der Waals surface area contributed by atoms with Gasteiger partial charge in [0.2, 0.25) is 0 Å². The highest BCUT2D eigenvalue weighted by Crippen LogP contribution is 2.24. The van der Waals surface area contributed by atoms with Gasteiger partial charge in [-0.15, -0.1) is 0 Å². The first kappa shape index (κ1) is 17.5. The molecule has 0 saturated carbocycles. The Hall–Kier alpha value is -2.83. The molecule has 0 unspecified atom stereocenters. The summed E-state index contributed by atoms with van der Waals surface area (Å²) in [6.07, 6.45) is 0. The number of nitrogens with zero attached hydrogens (tertiary/aromatic N) is 1. The van der Waals surface area contributed by atoms with E-state index in [0.29, 0.717) is 0 Å². The van der Waals surface area contributed by atoms with E-state index in [2.05, 4.69) is 4.74 Å². The van der Waals surface area contributed by atoms with Crippen LogP contribution in [0.25, 0.3) is 0 Å². The summed E-state index contributed by atoms with van der Waals surface area (Å²) >= 11 is 0. The number of phenolic OH excluding ortho intramolecular Hbond substituents is 1. The molecule has 1 N–H and O–H groups in total. The second kappa shape index (κ2) is 8.14. The molecule has 5 nitrogen and oxygen atoms in total. The van der Waals surface area contributed by atoms with Gasteiger partial charge in [-0.05, 0) is 29.8 Å². The van der Waals surface area contributed by atoms with Crippen LogP contribution in [0.2, 0.25) is 0 Å². The number of aromatic hydroxyl groups is 1. The van der Waals surface area contributed by atoms with Crippen LogP contribution in [0.15, 0.2) is 48.5 Å². The Morgan fingerprint density at radius 3 is 2.46 bits per heavy atom. The normalized spacial score (nSPS) is 10.5. The number of para-hydroxylation sites is 2. The van der Waals surface area contributed by atoms with Crippen molar-refractivity contribution in [3.8, 4) is 17.2 Å². The molecule has 1 amide bonds. The van der Waals surface area contributed by atoms with E-state index in [9.17, 15) is 18.7 Å². The number of amides is 1. The van der Waals surface area contributed by atoms with Crippen LogP contribution in [0.4, 0.5) is 8.78 Å². The molecule has 24 heavy (non-hydrogen) atoms. The average molecular weight is 337 g/mol. The van der Waals surface area contributed by atoms with Gasteiger partial charge in [0.15, 0.2) is 18.1 Å². The van der Waals surface area contributed by atoms with E-state index in [1.165, 1.54) is 23.1 Å². The molecule has 0 heterocycles. The molecule has 2 rings (SSSR count). The highest BCUT2D eigenvalue weighted by atomic mass is 19.3. The Morgan fingerprint density at radius 1 is 1.17 bits per heavy atom. The maximum atomic E-state index is 12.1. The minimum Gasteiger partial charge on any atom is -0.504 e. The lowest BCUT2D eigenvalue weighted by molar-refractivity contribution is -0.132. The largest absolute Gasteiger partial charge is 0.504 e. The monoisotopic (exact) mass is 337 g/mol. The number of carbonyl (C=O) groups excluding carboxylic acids is 1. The van der Waals surface area contributed by atoms with Gasteiger partial charge in [-0.2, -0.15) is 8.78 Å². The number of carbonyl (C=O) groups is 1. The first-order valence-electron chi connectivity index (χ1n) is 7.14. The van der Waals surface area contributed by atoms with E-state index in [1.807, 2.05) is 0 Å². The SMILES string of the molecule is CN(Cc1ccc(OC(F)F)cc1)C(=O)COc1ccccc1O. The van der Waals surface area contributed by atoms with Gasteiger partial charge in [0.1, 0.15) is 5.75 Å². The van der Waals surface area contributed by atoms with Gasteiger partial charge >= 0.3 is 6.61 Å². The molecule has 0 saturated heterocycles. The van der Waals surface area contributed by atoms with Crippen molar-refractivity contribution in [1.29, 1.82) is 0 Å². The van der Waals surface area contributed by atoms with Gasteiger partial charge in [0, 0.05) is 13.6 Å². The molecule has 0 radical (unpaired) electrons. The summed E-state index contributed by atoms with van der Waals surface area (Å²) in [6, 6.07) is 12.4. The lowest BCUT2D eigenvalue weighted by atomic mass is 10.2. The molecule has 2 aromatic rings. The highest BCUT2D eigenvalue weighted by molar-refractivity contribution is 5.77. The number of phenols is 1. The van der Waals surface area contributed by atoms with Gasteiger partial charge in [-0.3, -0.25) is 4.79 Å². The number of hydrogen-bond donors (Lipinski definition) is 1. The van der Waals surface area contributed by atoms with E-state index >= 15 is 0 Å². The summed E-state index contributed by atoms with van der Waals surface area (Å²) in [5, 5.41) is 9.57. The predicted molar refractivity (Wildman–Crippen MR) is 83.1 cm³/mol. The Morgan fingerprint density at radius 2 is 1.83 bits per heavy atom. The molecule has 0 spiro atoms. The smallest absolute Gasteiger partial charge is 0.387 e. The molecule has 0 bridgehead atoms. The fourth-order valence-corrected chi connectivity index (χ4v) is 1.97. The number of likely N-dealkylation sites (N-methyl/N-ethyl adjacent to an activating group) is 1. The minimum atomic E-state index is -2.87. The molecule has 0 aliphatic rings. The fourth-order valence-electron chi connectivity index (χ4n) is 1.97. The van der Waals surface area contributed by atoms with Crippen molar-refractivity contribution in [3.63, 3.8) is 0 Å². The molecule has 7 heteroatoms. The van der Waals surface area contributed by atoms with Gasteiger partial charge in [0.05, 0.1) is 0 Å². The van der Waals surface area contributed by atoms with Crippen molar-refractivity contribution in [2.45, 2.75) is 13.2 Å². The van der Waals surface area contributed by atoms with Crippen LogP contribution in [0.5, 0.6) is 17.2 Å². The first-order chi connectivity index (χ1) is 11.5. The van der Waals surface area contributed by atoms with Crippen LogP contribution >= 0.6 is 0 Å². The molecule has 0 aliphatic carbocycles. The van der Waals surface area contributed by atoms with Gasteiger partial charge in [-0.1, -0.05) is 24.3 Å². The topological polar surface area (TPSA) is 59.0 Å². The highest BCUT2D eigenvalue weighted by Gasteiger charge is 2.12. The van der Waals surface area contributed by atoms with Crippen LogP contribution < -0.4 is 9.47 Å². The summed E-state index contributed by atoms with van der Waals surface area (Å²) in [4.78, 5) is 13.5. The standard InChI is InChI=1S/C17H17F2NO4/c1-20(10-12-6-8-13(9-7-12)24-17(18)19)16(22)11-23-15-5-3-2-4-14(15)21/h2-9,17,21H,10-11H2,1H3. The summed E-state index contributed by atoms with van der Waals surface area (Å²) in [6.45, 7) is -2.80. The van der Waals surface area contributed by atoms with Crippen molar-refractivity contribution in [2.24, 2.45) is 0 Å².